The van der Waals surface area contributed by atoms with E-state index < -0.39 is 17.7 Å². The van der Waals surface area contributed by atoms with Crippen molar-refractivity contribution in [1.29, 1.82) is 0 Å². The van der Waals surface area contributed by atoms with E-state index in [1.807, 2.05) is 0 Å². The zero-order chi connectivity index (χ0) is 15.6. The molecule has 0 radical (unpaired) electrons. The van der Waals surface area contributed by atoms with Crippen LogP contribution in [-0.4, -0.2) is 27.8 Å². The van der Waals surface area contributed by atoms with Gasteiger partial charge in [-0.25, -0.2) is 14.6 Å². The Hall–Kier alpha value is -1.63. The number of carbonyl (C=O) groups is 2. The van der Waals surface area contributed by atoms with Gasteiger partial charge in [0.05, 0.1) is 5.01 Å². The minimum absolute atomic E-state index is 0.104. The van der Waals surface area contributed by atoms with Crippen molar-refractivity contribution in [2.45, 2.75) is 58.0 Å². The quantitative estimate of drug-likeness (QED) is 0.885. The second-order valence-electron chi connectivity index (χ2n) is 6.14. The predicted octanol–water partition coefficient (Wildman–Crippen LogP) is 3.85. The van der Waals surface area contributed by atoms with Crippen LogP contribution < -0.4 is 5.32 Å². The largest absolute Gasteiger partial charge is 0.476 e. The Morgan fingerprint density at radius 1 is 1.33 bits per heavy atom. The molecule has 1 aliphatic rings. The third kappa shape index (κ3) is 4.17. The first-order valence-electron chi connectivity index (χ1n) is 7.00. The van der Waals surface area contributed by atoms with Crippen molar-refractivity contribution in [2.75, 3.05) is 5.32 Å². The van der Waals surface area contributed by atoms with E-state index in [1.54, 1.807) is 20.8 Å². The Labute approximate surface area is 127 Å². The molecular formula is C14H20N2O4S. The Morgan fingerprint density at radius 2 is 1.95 bits per heavy atom. The van der Waals surface area contributed by atoms with Crippen LogP contribution >= 0.6 is 11.3 Å². The average molecular weight is 312 g/mol. The maximum atomic E-state index is 11.8. The molecule has 7 heteroatoms. The molecule has 2 rings (SSSR count). The number of carboxylic acids is 1. The predicted molar refractivity (Wildman–Crippen MR) is 80.1 cm³/mol. The van der Waals surface area contributed by atoms with Gasteiger partial charge in [0, 0.05) is 5.92 Å². The molecule has 1 saturated carbocycles. The number of rotatable bonds is 3. The van der Waals surface area contributed by atoms with Gasteiger partial charge in [-0.05, 0) is 33.6 Å². The molecule has 6 nitrogen and oxygen atoms in total. The third-order valence-electron chi connectivity index (χ3n) is 3.17. The highest BCUT2D eigenvalue weighted by Gasteiger charge is 2.27. The fourth-order valence-electron chi connectivity index (χ4n) is 2.31. The summed E-state index contributed by atoms with van der Waals surface area (Å²) in [5, 5.41) is 12.8. The smallest absolute Gasteiger partial charge is 0.412 e. The zero-order valence-corrected chi connectivity index (χ0v) is 13.2. The van der Waals surface area contributed by atoms with Crippen molar-refractivity contribution in [1.82, 2.24) is 4.98 Å². The van der Waals surface area contributed by atoms with Crippen LogP contribution in [0.15, 0.2) is 0 Å². The molecule has 21 heavy (non-hydrogen) atoms. The lowest BCUT2D eigenvalue weighted by Gasteiger charge is -2.19. The molecule has 1 amide bonds. The van der Waals surface area contributed by atoms with E-state index in [0.717, 1.165) is 30.7 Å². The molecule has 0 unspecified atom stereocenters. The van der Waals surface area contributed by atoms with Crippen molar-refractivity contribution < 1.29 is 19.4 Å². The van der Waals surface area contributed by atoms with Crippen molar-refractivity contribution >= 4 is 28.4 Å². The van der Waals surface area contributed by atoms with Gasteiger partial charge >= 0.3 is 12.1 Å². The highest BCUT2D eigenvalue weighted by atomic mass is 32.1. The van der Waals surface area contributed by atoms with Crippen LogP contribution in [0.4, 0.5) is 9.80 Å². The monoisotopic (exact) mass is 312 g/mol. The maximum Gasteiger partial charge on any atom is 0.412 e. The van der Waals surface area contributed by atoms with Crippen LogP contribution in [0, 0.1) is 0 Å². The third-order valence-corrected chi connectivity index (χ3v) is 4.30. The van der Waals surface area contributed by atoms with E-state index >= 15 is 0 Å². The summed E-state index contributed by atoms with van der Waals surface area (Å²) in [5.74, 6) is -0.830. The van der Waals surface area contributed by atoms with Gasteiger partial charge in [-0.15, -0.1) is 0 Å². The molecule has 1 aliphatic carbocycles. The van der Waals surface area contributed by atoms with Gasteiger partial charge in [-0.1, -0.05) is 24.2 Å². The summed E-state index contributed by atoms with van der Waals surface area (Å²) in [6.45, 7) is 5.25. The van der Waals surface area contributed by atoms with Crippen LogP contribution in [0.5, 0.6) is 0 Å². The van der Waals surface area contributed by atoms with Gasteiger partial charge in [-0.3, -0.25) is 5.32 Å². The van der Waals surface area contributed by atoms with Crippen molar-refractivity contribution in [3.05, 3.63) is 10.7 Å². The fraction of sp³-hybridized carbons (Fsp3) is 0.643. The second-order valence-corrected chi connectivity index (χ2v) is 7.17. The molecule has 1 aromatic heterocycles. The number of nitrogens with zero attached hydrogens (tertiary/aromatic N) is 1. The topological polar surface area (TPSA) is 88.5 Å². The molecule has 1 aromatic rings. The maximum absolute atomic E-state index is 11.8. The van der Waals surface area contributed by atoms with Crippen LogP contribution in [0.25, 0.3) is 0 Å². The number of anilines is 1. The van der Waals surface area contributed by atoms with E-state index in [4.69, 9.17) is 4.74 Å². The van der Waals surface area contributed by atoms with Gasteiger partial charge in [0.25, 0.3) is 0 Å². The molecule has 0 aromatic carbocycles. The summed E-state index contributed by atoms with van der Waals surface area (Å²) in [4.78, 5) is 27.2. The number of aromatic carboxylic acids is 1. The SMILES string of the molecule is CC(C)(C)OC(=O)Nc1sc(C2CCCC2)nc1C(=O)O. The standard InChI is InChI=1S/C14H20N2O4S/c1-14(2,3)20-13(19)16-11-9(12(17)18)15-10(21-11)8-6-4-5-7-8/h8H,4-7H2,1-3H3,(H,16,19)(H,17,18). The summed E-state index contributed by atoms with van der Waals surface area (Å²) < 4.78 is 5.15. The van der Waals surface area contributed by atoms with Gasteiger partial charge < -0.3 is 9.84 Å². The number of hydrogen-bond donors (Lipinski definition) is 2. The molecule has 1 heterocycles. The lowest BCUT2D eigenvalue weighted by molar-refractivity contribution is 0.0636. The molecule has 0 saturated heterocycles. The number of amides is 1. The number of carbonyl (C=O) groups excluding carboxylic acids is 1. The van der Waals surface area contributed by atoms with Gasteiger partial charge in [0.2, 0.25) is 0 Å². The summed E-state index contributed by atoms with van der Waals surface area (Å²) in [6, 6.07) is 0. The zero-order valence-electron chi connectivity index (χ0n) is 12.4. The first-order valence-corrected chi connectivity index (χ1v) is 7.82. The van der Waals surface area contributed by atoms with E-state index in [-0.39, 0.29) is 10.7 Å². The van der Waals surface area contributed by atoms with Crippen LogP contribution in [-0.2, 0) is 4.74 Å². The second kappa shape index (κ2) is 6.01. The lowest BCUT2D eigenvalue weighted by atomic mass is 10.1. The first kappa shape index (κ1) is 15.8. The number of ether oxygens (including phenoxy) is 1. The number of nitrogens with one attached hydrogen (secondary N) is 1. The summed E-state index contributed by atoms with van der Waals surface area (Å²) in [6.07, 6.45) is 3.67. The Bertz CT molecular complexity index is 542. The normalized spacial score (nSPS) is 16.0. The van der Waals surface area contributed by atoms with E-state index in [1.165, 1.54) is 11.3 Å². The van der Waals surface area contributed by atoms with Gasteiger partial charge in [-0.2, -0.15) is 0 Å². The Kier molecular flexibility index (Phi) is 4.51. The van der Waals surface area contributed by atoms with Gasteiger partial charge in [0.15, 0.2) is 5.69 Å². The molecule has 2 N–H and O–H groups in total. The summed E-state index contributed by atoms with van der Waals surface area (Å²) >= 11 is 1.24. The fourth-order valence-corrected chi connectivity index (χ4v) is 3.42. The number of carboxylic acid groups (broad SMARTS) is 1. The van der Waals surface area contributed by atoms with Gasteiger partial charge in [0.1, 0.15) is 10.6 Å². The van der Waals surface area contributed by atoms with E-state index in [0.29, 0.717) is 5.92 Å². The van der Waals surface area contributed by atoms with E-state index in [2.05, 4.69) is 10.3 Å². The minimum Gasteiger partial charge on any atom is -0.476 e. The Balaban J connectivity index is 2.17. The van der Waals surface area contributed by atoms with Crippen LogP contribution in [0.1, 0.15) is 67.9 Å². The highest BCUT2D eigenvalue weighted by Crippen LogP contribution is 2.39. The number of hydrogen-bond acceptors (Lipinski definition) is 5. The molecule has 0 bridgehead atoms. The molecular weight excluding hydrogens is 292 g/mol. The average Bonchev–Trinajstić information content (AvgIpc) is 2.93. The van der Waals surface area contributed by atoms with E-state index in [9.17, 15) is 14.7 Å². The molecule has 0 spiro atoms. The number of aromatic nitrogens is 1. The van der Waals surface area contributed by atoms with Crippen molar-refractivity contribution in [3.63, 3.8) is 0 Å². The molecule has 0 aliphatic heterocycles. The Morgan fingerprint density at radius 3 is 2.48 bits per heavy atom. The lowest BCUT2D eigenvalue weighted by Crippen LogP contribution is -2.27. The first-order chi connectivity index (χ1) is 9.76. The molecule has 1 fully saturated rings. The number of thiazole rings is 1. The molecule has 116 valence electrons. The summed E-state index contributed by atoms with van der Waals surface area (Å²) in [5.41, 5.74) is -0.736. The summed E-state index contributed by atoms with van der Waals surface area (Å²) in [7, 11) is 0. The minimum atomic E-state index is -1.14. The van der Waals surface area contributed by atoms with Crippen LogP contribution in [0.2, 0.25) is 0 Å². The van der Waals surface area contributed by atoms with Crippen molar-refractivity contribution in [2.24, 2.45) is 0 Å². The highest BCUT2D eigenvalue weighted by molar-refractivity contribution is 7.16. The van der Waals surface area contributed by atoms with Crippen LogP contribution in [0.3, 0.4) is 0 Å². The van der Waals surface area contributed by atoms with Crippen molar-refractivity contribution in [3.8, 4) is 0 Å². The molecule has 0 atom stereocenters.